The molecule has 2 bridgehead atoms. The second kappa shape index (κ2) is 5.84. The Morgan fingerprint density at radius 2 is 1.57 bits per heavy atom. The van der Waals surface area contributed by atoms with Crippen LogP contribution in [-0.4, -0.2) is 54.6 Å². The van der Waals surface area contributed by atoms with E-state index in [4.69, 9.17) is 5.11 Å². The molecule has 1 heterocycles. The van der Waals surface area contributed by atoms with Crippen molar-refractivity contribution in [2.75, 3.05) is 0 Å². The standard InChI is InChI=1S/C14H15Br2NO6/c15-10-4-3-5(11(10)16)9-8(4)12(20)17(13(9)21)6(14(22)23)1-2-7(18)19/h4-6,8-11H,1-3H2,(H,18,19)(H,22,23)/t4-,5+,6?,8+,9-,10?,11?. The Kier molecular flexibility index (Phi) is 4.29. The van der Waals surface area contributed by atoms with Crippen LogP contribution in [0.4, 0.5) is 0 Å². The number of fused-ring (bicyclic) bond motifs is 5. The summed E-state index contributed by atoms with van der Waals surface area (Å²) in [6.07, 6.45) is 0.0874. The first-order valence-corrected chi connectivity index (χ1v) is 9.18. The molecule has 3 aliphatic rings. The zero-order valence-corrected chi connectivity index (χ0v) is 15.1. The molecule has 3 rings (SSSR count). The maximum Gasteiger partial charge on any atom is 0.326 e. The van der Waals surface area contributed by atoms with E-state index in [9.17, 15) is 24.3 Å². The molecule has 0 aromatic carbocycles. The summed E-state index contributed by atoms with van der Waals surface area (Å²) in [4.78, 5) is 48.5. The highest BCUT2D eigenvalue weighted by Crippen LogP contribution is 2.60. The predicted molar refractivity (Wildman–Crippen MR) is 84.2 cm³/mol. The van der Waals surface area contributed by atoms with Crippen LogP contribution in [0.3, 0.4) is 0 Å². The molecule has 23 heavy (non-hydrogen) atoms. The average molecular weight is 453 g/mol. The molecular formula is C14H15Br2NO6. The number of likely N-dealkylation sites (tertiary alicyclic amines) is 1. The summed E-state index contributed by atoms with van der Waals surface area (Å²) in [7, 11) is 0. The molecule has 1 aliphatic heterocycles. The third-order valence-electron chi connectivity index (χ3n) is 5.25. The molecule has 3 fully saturated rings. The number of carbonyl (C=O) groups is 4. The van der Waals surface area contributed by atoms with Crippen molar-refractivity contribution >= 4 is 55.6 Å². The maximum absolute atomic E-state index is 12.7. The van der Waals surface area contributed by atoms with Gasteiger partial charge in [-0.2, -0.15) is 0 Å². The van der Waals surface area contributed by atoms with E-state index >= 15 is 0 Å². The SMILES string of the molecule is O=C(O)CCC(C(=O)O)N1C(=O)[C@@H]2[C@H](C1=O)[C@@H]1C[C@H]2C(Br)C1Br. The summed E-state index contributed by atoms with van der Waals surface area (Å²) < 4.78 is 0. The van der Waals surface area contributed by atoms with E-state index in [0.29, 0.717) is 0 Å². The first-order chi connectivity index (χ1) is 10.8. The molecule has 2 amide bonds. The van der Waals surface area contributed by atoms with Crippen LogP contribution in [-0.2, 0) is 19.2 Å². The van der Waals surface area contributed by atoms with Crippen molar-refractivity contribution < 1.29 is 29.4 Å². The molecule has 9 heteroatoms. The van der Waals surface area contributed by atoms with Crippen LogP contribution < -0.4 is 0 Å². The van der Waals surface area contributed by atoms with E-state index in [1.807, 2.05) is 0 Å². The fraction of sp³-hybridized carbons (Fsp3) is 0.714. The highest BCUT2D eigenvalue weighted by molar-refractivity contribution is 9.12. The quantitative estimate of drug-likeness (QED) is 0.476. The van der Waals surface area contributed by atoms with Crippen molar-refractivity contribution in [1.29, 1.82) is 0 Å². The van der Waals surface area contributed by atoms with Gasteiger partial charge in [-0.25, -0.2) is 4.79 Å². The number of halogens is 2. The van der Waals surface area contributed by atoms with Gasteiger partial charge in [0.25, 0.3) is 0 Å². The van der Waals surface area contributed by atoms with Gasteiger partial charge in [0.05, 0.1) is 11.8 Å². The van der Waals surface area contributed by atoms with Crippen LogP contribution in [0.1, 0.15) is 19.3 Å². The molecular weight excluding hydrogens is 438 g/mol. The van der Waals surface area contributed by atoms with E-state index in [0.717, 1.165) is 11.3 Å². The number of carboxylic acids is 2. The zero-order valence-electron chi connectivity index (χ0n) is 11.9. The molecule has 0 radical (unpaired) electrons. The number of aliphatic carboxylic acids is 2. The Labute approximate surface area is 148 Å². The summed E-state index contributed by atoms with van der Waals surface area (Å²) in [6, 6.07) is -1.40. The first-order valence-electron chi connectivity index (χ1n) is 7.35. The van der Waals surface area contributed by atoms with Crippen molar-refractivity contribution in [3.8, 4) is 0 Å². The number of rotatable bonds is 5. The van der Waals surface area contributed by atoms with Gasteiger partial charge in [0, 0.05) is 16.1 Å². The average Bonchev–Trinajstić information content (AvgIpc) is 3.06. The number of imide groups is 1. The summed E-state index contributed by atoms with van der Waals surface area (Å²) in [5.41, 5.74) is 0. The van der Waals surface area contributed by atoms with E-state index < -0.39 is 48.1 Å². The van der Waals surface area contributed by atoms with Crippen LogP contribution in [0.5, 0.6) is 0 Å². The van der Waals surface area contributed by atoms with Crippen molar-refractivity contribution in [2.24, 2.45) is 23.7 Å². The number of carbonyl (C=O) groups excluding carboxylic acids is 2. The van der Waals surface area contributed by atoms with Gasteiger partial charge in [0.1, 0.15) is 6.04 Å². The monoisotopic (exact) mass is 451 g/mol. The molecule has 0 aromatic rings. The molecule has 2 saturated carbocycles. The lowest BCUT2D eigenvalue weighted by Gasteiger charge is -2.28. The Morgan fingerprint density at radius 1 is 1.09 bits per heavy atom. The van der Waals surface area contributed by atoms with E-state index in [1.54, 1.807) is 0 Å². The Hall–Kier alpha value is -0.960. The van der Waals surface area contributed by atoms with E-state index in [1.165, 1.54) is 0 Å². The summed E-state index contributed by atoms with van der Waals surface area (Å²) in [6.45, 7) is 0. The van der Waals surface area contributed by atoms with Gasteiger partial charge in [0.2, 0.25) is 11.8 Å². The van der Waals surface area contributed by atoms with Crippen LogP contribution in [0, 0.1) is 23.7 Å². The largest absolute Gasteiger partial charge is 0.481 e. The van der Waals surface area contributed by atoms with E-state index in [2.05, 4.69) is 31.9 Å². The van der Waals surface area contributed by atoms with Crippen molar-refractivity contribution in [2.45, 2.75) is 35.0 Å². The molecule has 1 saturated heterocycles. The minimum absolute atomic E-state index is 0.00439. The Balaban J connectivity index is 1.87. The molecule has 2 N–H and O–H groups in total. The summed E-state index contributed by atoms with van der Waals surface area (Å²) in [5, 5.41) is 18.1. The van der Waals surface area contributed by atoms with Crippen molar-refractivity contribution in [1.82, 2.24) is 4.90 Å². The summed E-state index contributed by atoms with van der Waals surface area (Å²) in [5.74, 6) is -4.39. The van der Waals surface area contributed by atoms with Crippen LogP contribution in [0.2, 0.25) is 0 Å². The lowest BCUT2D eigenvalue weighted by atomic mass is 9.81. The fourth-order valence-electron chi connectivity index (χ4n) is 4.30. The molecule has 2 aliphatic carbocycles. The molecule has 3 unspecified atom stereocenters. The molecule has 0 spiro atoms. The molecule has 0 aromatic heterocycles. The van der Waals surface area contributed by atoms with E-state index in [-0.39, 0.29) is 27.9 Å². The molecule has 7 atom stereocenters. The van der Waals surface area contributed by atoms with Crippen LogP contribution in [0.25, 0.3) is 0 Å². The number of nitrogens with zero attached hydrogens (tertiary/aromatic N) is 1. The first kappa shape index (κ1) is 16.9. The minimum atomic E-state index is -1.40. The number of carboxylic acid groups (broad SMARTS) is 2. The number of hydrogen-bond acceptors (Lipinski definition) is 4. The lowest BCUT2D eigenvalue weighted by Crippen LogP contribution is -2.46. The number of alkyl halides is 2. The van der Waals surface area contributed by atoms with Gasteiger partial charge in [-0.15, -0.1) is 0 Å². The highest BCUT2D eigenvalue weighted by atomic mass is 79.9. The third kappa shape index (κ3) is 2.43. The number of amides is 2. The third-order valence-corrected chi connectivity index (χ3v) is 8.46. The fourth-order valence-corrected chi connectivity index (χ4v) is 6.18. The highest BCUT2D eigenvalue weighted by Gasteiger charge is 2.67. The zero-order chi connectivity index (χ0) is 17.0. The van der Waals surface area contributed by atoms with Gasteiger partial charge in [-0.1, -0.05) is 31.9 Å². The van der Waals surface area contributed by atoms with Gasteiger partial charge < -0.3 is 10.2 Å². The second-order valence-electron chi connectivity index (χ2n) is 6.34. The maximum atomic E-state index is 12.7. The van der Waals surface area contributed by atoms with Gasteiger partial charge in [-0.3, -0.25) is 19.3 Å². The topological polar surface area (TPSA) is 112 Å². The molecule has 7 nitrogen and oxygen atoms in total. The summed E-state index contributed by atoms with van der Waals surface area (Å²) >= 11 is 7.11. The smallest absolute Gasteiger partial charge is 0.326 e. The van der Waals surface area contributed by atoms with Crippen molar-refractivity contribution in [3.05, 3.63) is 0 Å². The van der Waals surface area contributed by atoms with Crippen molar-refractivity contribution in [3.63, 3.8) is 0 Å². The van der Waals surface area contributed by atoms with Crippen LogP contribution >= 0.6 is 31.9 Å². The van der Waals surface area contributed by atoms with Gasteiger partial charge in [0.15, 0.2) is 0 Å². The van der Waals surface area contributed by atoms with Crippen LogP contribution in [0.15, 0.2) is 0 Å². The predicted octanol–water partition coefficient (Wildman–Crippen LogP) is 1.08. The second-order valence-corrected chi connectivity index (χ2v) is 8.45. The normalized spacial score (nSPS) is 39.7. The Morgan fingerprint density at radius 3 is 1.96 bits per heavy atom. The Bertz CT molecular complexity index is 564. The number of hydrogen-bond donors (Lipinski definition) is 2. The minimum Gasteiger partial charge on any atom is -0.481 e. The van der Waals surface area contributed by atoms with Gasteiger partial charge >= 0.3 is 11.9 Å². The lowest BCUT2D eigenvalue weighted by molar-refractivity contribution is -0.156. The molecule has 126 valence electrons. The van der Waals surface area contributed by atoms with Gasteiger partial charge in [-0.05, 0) is 24.7 Å².